The van der Waals surface area contributed by atoms with E-state index in [-0.39, 0.29) is 11.7 Å². The van der Waals surface area contributed by atoms with Gasteiger partial charge < -0.3 is 24.5 Å². The Morgan fingerprint density at radius 1 is 1.15 bits per heavy atom. The van der Waals surface area contributed by atoms with Gasteiger partial charge in [0.25, 0.3) is 5.91 Å². The number of ether oxygens (including phenoxy) is 2. The maximum absolute atomic E-state index is 11.9. The van der Waals surface area contributed by atoms with E-state index >= 15 is 0 Å². The van der Waals surface area contributed by atoms with Crippen LogP contribution < -0.4 is 20.1 Å². The number of aromatic nitrogens is 1. The minimum atomic E-state index is -0.346. The Kier molecular flexibility index (Phi) is 5.28. The number of halogens is 1. The van der Waals surface area contributed by atoms with Gasteiger partial charge >= 0.3 is 0 Å². The molecule has 26 heavy (non-hydrogen) atoms. The zero-order valence-corrected chi connectivity index (χ0v) is 14.8. The Hall–Kier alpha value is -3.19. The molecule has 0 aliphatic heterocycles. The molecular weight excluding hydrogens is 358 g/mol. The van der Waals surface area contributed by atoms with Gasteiger partial charge in [-0.2, -0.15) is 0 Å². The summed E-state index contributed by atoms with van der Waals surface area (Å²) < 4.78 is 15.6. The number of hydrogen-bond donors (Lipinski definition) is 2. The number of anilines is 3. The molecule has 0 atom stereocenters. The highest BCUT2D eigenvalue weighted by Crippen LogP contribution is 2.37. The molecule has 0 saturated heterocycles. The molecule has 2 heterocycles. The molecule has 1 aromatic carbocycles. The fourth-order valence-corrected chi connectivity index (χ4v) is 2.47. The number of nitrogens with zero attached hydrogens (tertiary/aromatic N) is 1. The van der Waals surface area contributed by atoms with Gasteiger partial charge in [-0.25, -0.2) is 4.98 Å². The SMILES string of the molecule is COc1cc(Nc2ccc(NC(=O)c3ccco3)cn2)c(OC)cc1Cl. The van der Waals surface area contributed by atoms with Crippen LogP contribution in [0.3, 0.4) is 0 Å². The first kappa shape index (κ1) is 17.6. The van der Waals surface area contributed by atoms with Gasteiger partial charge in [0.1, 0.15) is 17.3 Å². The molecule has 0 unspecified atom stereocenters. The van der Waals surface area contributed by atoms with Crippen molar-refractivity contribution >= 4 is 34.7 Å². The maximum atomic E-state index is 11.9. The Morgan fingerprint density at radius 3 is 2.58 bits per heavy atom. The topological polar surface area (TPSA) is 85.6 Å². The highest BCUT2D eigenvalue weighted by Gasteiger charge is 2.12. The van der Waals surface area contributed by atoms with Crippen LogP contribution in [-0.2, 0) is 0 Å². The summed E-state index contributed by atoms with van der Waals surface area (Å²) >= 11 is 6.10. The first-order valence-corrected chi connectivity index (χ1v) is 7.98. The van der Waals surface area contributed by atoms with E-state index in [2.05, 4.69) is 15.6 Å². The number of furan rings is 1. The fraction of sp³-hybridized carbons (Fsp3) is 0.111. The van der Waals surface area contributed by atoms with Gasteiger partial charge in [0, 0.05) is 12.1 Å². The first-order chi connectivity index (χ1) is 12.6. The lowest BCUT2D eigenvalue weighted by Crippen LogP contribution is -2.11. The van der Waals surface area contributed by atoms with E-state index in [1.165, 1.54) is 19.6 Å². The zero-order chi connectivity index (χ0) is 18.5. The normalized spacial score (nSPS) is 10.3. The second-order valence-electron chi connectivity index (χ2n) is 5.18. The van der Waals surface area contributed by atoms with E-state index in [1.807, 2.05) is 0 Å². The monoisotopic (exact) mass is 373 g/mol. The lowest BCUT2D eigenvalue weighted by Gasteiger charge is -2.13. The summed E-state index contributed by atoms with van der Waals surface area (Å²) in [4.78, 5) is 16.2. The third-order valence-electron chi connectivity index (χ3n) is 3.50. The van der Waals surface area contributed by atoms with Gasteiger partial charge in [0.2, 0.25) is 0 Å². The Morgan fingerprint density at radius 2 is 1.96 bits per heavy atom. The highest BCUT2D eigenvalue weighted by atomic mass is 35.5. The molecule has 0 bridgehead atoms. The number of benzene rings is 1. The average Bonchev–Trinajstić information content (AvgIpc) is 3.19. The summed E-state index contributed by atoms with van der Waals surface area (Å²) in [6.07, 6.45) is 2.97. The average molecular weight is 374 g/mol. The van der Waals surface area contributed by atoms with Crippen LogP contribution in [0.4, 0.5) is 17.2 Å². The molecular formula is C18H16ClN3O4. The van der Waals surface area contributed by atoms with Crippen molar-refractivity contribution in [2.75, 3.05) is 24.9 Å². The molecule has 0 aliphatic carbocycles. The first-order valence-electron chi connectivity index (χ1n) is 7.60. The van der Waals surface area contributed by atoms with Crippen LogP contribution in [0.1, 0.15) is 10.6 Å². The molecule has 8 heteroatoms. The van der Waals surface area contributed by atoms with Crippen LogP contribution in [-0.4, -0.2) is 25.1 Å². The fourth-order valence-electron chi connectivity index (χ4n) is 2.24. The van der Waals surface area contributed by atoms with Gasteiger partial charge in [0.15, 0.2) is 5.76 Å². The Labute approximate surface area is 154 Å². The smallest absolute Gasteiger partial charge is 0.291 e. The number of carbonyl (C=O) groups excluding carboxylic acids is 1. The summed E-state index contributed by atoms with van der Waals surface area (Å²) in [5, 5.41) is 6.27. The third kappa shape index (κ3) is 3.89. The molecule has 3 aromatic rings. The molecule has 0 radical (unpaired) electrons. The quantitative estimate of drug-likeness (QED) is 0.668. The largest absolute Gasteiger partial charge is 0.495 e. The second kappa shape index (κ2) is 7.79. The van der Waals surface area contributed by atoms with Crippen LogP contribution in [0.25, 0.3) is 0 Å². The summed E-state index contributed by atoms with van der Waals surface area (Å²) in [7, 11) is 3.08. The molecule has 0 spiro atoms. The lowest BCUT2D eigenvalue weighted by atomic mass is 10.2. The number of rotatable bonds is 6. The maximum Gasteiger partial charge on any atom is 0.291 e. The van der Waals surface area contributed by atoms with Crippen LogP contribution >= 0.6 is 11.6 Å². The van der Waals surface area contributed by atoms with Crippen LogP contribution in [0.15, 0.2) is 53.3 Å². The number of amides is 1. The van der Waals surface area contributed by atoms with E-state index in [0.717, 1.165) is 0 Å². The molecule has 0 saturated carbocycles. The number of methoxy groups -OCH3 is 2. The standard InChI is InChI=1S/C18H16ClN3O4/c1-24-15-9-13(16(25-2)8-12(15)19)22-17-6-5-11(10-20-17)21-18(23)14-4-3-7-26-14/h3-10H,1-2H3,(H,20,22)(H,21,23). The van der Waals surface area contributed by atoms with Crippen LogP contribution in [0.5, 0.6) is 11.5 Å². The summed E-state index contributed by atoms with van der Waals surface area (Å²) in [5.74, 6) is 1.50. The minimum Gasteiger partial charge on any atom is -0.495 e. The summed E-state index contributed by atoms with van der Waals surface area (Å²) in [5.41, 5.74) is 1.19. The van der Waals surface area contributed by atoms with Gasteiger partial charge in [-0.3, -0.25) is 4.79 Å². The molecule has 7 nitrogen and oxygen atoms in total. The van der Waals surface area contributed by atoms with E-state index in [1.54, 1.807) is 43.5 Å². The van der Waals surface area contributed by atoms with Crippen molar-refractivity contribution in [2.45, 2.75) is 0 Å². The van der Waals surface area contributed by atoms with Crippen molar-refractivity contribution in [1.29, 1.82) is 0 Å². The Bertz CT molecular complexity index is 896. The van der Waals surface area contributed by atoms with Crippen molar-refractivity contribution in [2.24, 2.45) is 0 Å². The van der Waals surface area contributed by atoms with Gasteiger partial charge in [-0.1, -0.05) is 11.6 Å². The van der Waals surface area contributed by atoms with Gasteiger partial charge in [-0.15, -0.1) is 0 Å². The van der Waals surface area contributed by atoms with Crippen molar-refractivity contribution in [3.63, 3.8) is 0 Å². The number of carbonyl (C=O) groups is 1. The van der Waals surface area contributed by atoms with Crippen molar-refractivity contribution < 1.29 is 18.7 Å². The molecule has 1 amide bonds. The number of hydrogen-bond acceptors (Lipinski definition) is 6. The van der Waals surface area contributed by atoms with Gasteiger partial charge in [-0.05, 0) is 24.3 Å². The molecule has 2 N–H and O–H groups in total. The Balaban J connectivity index is 1.74. The van der Waals surface area contributed by atoms with E-state index in [0.29, 0.717) is 33.7 Å². The second-order valence-corrected chi connectivity index (χ2v) is 5.58. The van der Waals surface area contributed by atoms with E-state index in [4.69, 9.17) is 25.5 Å². The molecule has 0 fully saturated rings. The van der Waals surface area contributed by atoms with Crippen molar-refractivity contribution in [3.8, 4) is 11.5 Å². The molecule has 3 rings (SSSR count). The van der Waals surface area contributed by atoms with Crippen molar-refractivity contribution in [1.82, 2.24) is 4.98 Å². The third-order valence-corrected chi connectivity index (χ3v) is 3.80. The number of pyridine rings is 1. The molecule has 0 aliphatic rings. The zero-order valence-electron chi connectivity index (χ0n) is 14.1. The summed E-state index contributed by atoms with van der Waals surface area (Å²) in [6, 6.07) is 10.0. The van der Waals surface area contributed by atoms with E-state index in [9.17, 15) is 4.79 Å². The predicted octanol–water partition coefficient (Wildman–Crippen LogP) is 4.34. The van der Waals surface area contributed by atoms with Crippen LogP contribution in [0, 0.1) is 0 Å². The number of nitrogens with one attached hydrogen (secondary N) is 2. The van der Waals surface area contributed by atoms with Gasteiger partial charge in [0.05, 0.1) is 43.1 Å². The van der Waals surface area contributed by atoms with E-state index < -0.39 is 0 Å². The van der Waals surface area contributed by atoms with Crippen molar-refractivity contribution in [3.05, 3.63) is 59.6 Å². The van der Waals surface area contributed by atoms with Crippen LogP contribution in [0.2, 0.25) is 5.02 Å². The minimum absolute atomic E-state index is 0.227. The lowest BCUT2D eigenvalue weighted by molar-refractivity contribution is 0.0996. The summed E-state index contributed by atoms with van der Waals surface area (Å²) in [6.45, 7) is 0. The molecule has 2 aromatic heterocycles. The predicted molar refractivity (Wildman–Crippen MR) is 98.7 cm³/mol. The molecule has 134 valence electrons. The highest BCUT2D eigenvalue weighted by molar-refractivity contribution is 6.32.